The van der Waals surface area contributed by atoms with E-state index in [1.54, 1.807) is 37.7 Å². The lowest BCUT2D eigenvalue weighted by molar-refractivity contribution is -0.132. The van der Waals surface area contributed by atoms with E-state index in [2.05, 4.69) is 10.2 Å². The number of carbonyl (C=O) groups is 2. The molecule has 2 heterocycles. The van der Waals surface area contributed by atoms with E-state index in [0.29, 0.717) is 49.8 Å². The maximum atomic E-state index is 13.8. The largest absolute Gasteiger partial charge is 0.493 e. The molecule has 1 aromatic heterocycles. The fraction of sp³-hybridized carbons (Fsp3) is 0.419. The van der Waals surface area contributed by atoms with Crippen LogP contribution in [0.4, 0.5) is 14.9 Å². The molecule has 1 saturated heterocycles. The average molecular weight is 583 g/mol. The molecular formula is C31H39FN4O4S. The standard InChI is InChI=1S/C31H39FN4O4S/c1-23-12-18-41-29(23)21-35(15-11-24-9-10-27(39-2)28(19-24)40-3)30(37)22-36(17-16-34-13-4-5-14-34)31(38)33-26-8-6-7-25(32)20-26/h6-10,12,18-20H,4-5,11,13-17,21-22H2,1-3H3,(H,33,38). The summed E-state index contributed by atoms with van der Waals surface area (Å²) in [6.07, 6.45) is 2.89. The van der Waals surface area contributed by atoms with Gasteiger partial charge in [-0.2, -0.15) is 0 Å². The number of thiophene rings is 1. The van der Waals surface area contributed by atoms with Crippen LogP contribution in [0.1, 0.15) is 28.8 Å². The maximum absolute atomic E-state index is 13.8. The number of amides is 3. The molecule has 1 aliphatic rings. The van der Waals surface area contributed by atoms with E-state index < -0.39 is 11.8 Å². The van der Waals surface area contributed by atoms with Crippen LogP contribution in [0.3, 0.4) is 0 Å². The molecule has 8 nitrogen and oxygen atoms in total. The van der Waals surface area contributed by atoms with Crippen LogP contribution in [0.2, 0.25) is 0 Å². The van der Waals surface area contributed by atoms with Crippen LogP contribution in [0.25, 0.3) is 0 Å². The van der Waals surface area contributed by atoms with Gasteiger partial charge in [0.2, 0.25) is 5.91 Å². The topological polar surface area (TPSA) is 74.4 Å². The van der Waals surface area contributed by atoms with Crippen molar-refractivity contribution in [1.29, 1.82) is 0 Å². The fourth-order valence-electron chi connectivity index (χ4n) is 4.88. The van der Waals surface area contributed by atoms with Gasteiger partial charge in [0.1, 0.15) is 12.4 Å². The summed E-state index contributed by atoms with van der Waals surface area (Å²) in [7, 11) is 3.20. The number of benzene rings is 2. The Balaban J connectivity index is 1.50. The van der Waals surface area contributed by atoms with Crippen molar-refractivity contribution in [3.05, 3.63) is 75.7 Å². The lowest BCUT2D eigenvalue weighted by Gasteiger charge is -2.29. The lowest BCUT2D eigenvalue weighted by atomic mass is 10.1. The molecule has 0 atom stereocenters. The number of carbonyl (C=O) groups excluding carboxylic acids is 2. The van der Waals surface area contributed by atoms with Gasteiger partial charge >= 0.3 is 6.03 Å². The number of rotatable bonds is 13. The fourth-order valence-corrected chi connectivity index (χ4v) is 5.81. The minimum atomic E-state index is -0.435. The Bertz CT molecular complexity index is 1310. The van der Waals surface area contributed by atoms with Crippen molar-refractivity contribution in [1.82, 2.24) is 14.7 Å². The highest BCUT2D eigenvalue weighted by molar-refractivity contribution is 7.10. The summed E-state index contributed by atoms with van der Waals surface area (Å²) in [4.78, 5) is 33.9. The van der Waals surface area contributed by atoms with Crippen molar-refractivity contribution in [2.24, 2.45) is 0 Å². The van der Waals surface area contributed by atoms with Gasteiger partial charge in [-0.3, -0.25) is 4.79 Å². The van der Waals surface area contributed by atoms with Crippen LogP contribution in [0.15, 0.2) is 53.9 Å². The maximum Gasteiger partial charge on any atom is 0.322 e. The second-order valence-electron chi connectivity index (χ2n) is 10.2. The van der Waals surface area contributed by atoms with Crippen molar-refractivity contribution >= 4 is 29.0 Å². The molecule has 0 unspecified atom stereocenters. The number of hydrogen-bond donors (Lipinski definition) is 1. The molecule has 1 fully saturated rings. The molecule has 0 radical (unpaired) electrons. The Morgan fingerprint density at radius 1 is 1.00 bits per heavy atom. The van der Waals surface area contributed by atoms with Crippen LogP contribution in [-0.4, -0.2) is 80.1 Å². The number of hydrogen-bond acceptors (Lipinski definition) is 6. The number of halogens is 1. The van der Waals surface area contributed by atoms with Gasteiger partial charge in [0.15, 0.2) is 11.5 Å². The number of nitrogens with zero attached hydrogens (tertiary/aromatic N) is 3. The summed E-state index contributed by atoms with van der Waals surface area (Å²) in [5.74, 6) is 0.708. The van der Waals surface area contributed by atoms with Gasteiger partial charge in [0, 0.05) is 30.2 Å². The smallest absolute Gasteiger partial charge is 0.322 e. The Kier molecular flexibility index (Phi) is 11.0. The Hall–Kier alpha value is -3.63. The van der Waals surface area contributed by atoms with Crippen molar-refractivity contribution in [3.63, 3.8) is 0 Å². The molecule has 3 aromatic rings. The molecule has 3 amide bonds. The monoisotopic (exact) mass is 582 g/mol. The number of likely N-dealkylation sites (tertiary alicyclic amines) is 1. The van der Waals surface area contributed by atoms with Crippen molar-refractivity contribution in [3.8, 4) is 11.5 Å². The highest BCUT2D eigenvalue weighted by Crippen LogP contribution is 2.28. The van der Waals surface area contributed by atoms with Gasteiger partial charge < -0.3 is 29.5 Å². The van der Waals surface area contributed by atoms with Crippen LogP contribution >= 0.6 is 11.3 Å². The highest BCUT2D eigenvalue weighted by Gasteiger charge is 2.24. The first-order valence-electron chi connectivity index (χ1n) is 13.9. The summed E-state index contributed by atoms with van der Waals surface area (Å²) in [5.41, 5.74) is 2.50. The van der Waals surface area contributed by atoms with Crippen LogP contribution in [0.5, 0.6) is 11.5 Å². The molecule has 0 saturated carbocycles. The summed E-state index contributed by atoms with van der Waals surface area (Å²) in [6, 6.07) is 13.2. The molecule has 0 bridgehead atoms. The third-order valence-corrected chi connectivity index (χ3v) is 8.36. The van der Waals surface area contributed by atoms with E-state index in [-0.39, 0.29) is 12.5 Å². The van der Waals surface area contributed by atoms with Gasteiger partial charge in [-0.05, 0) is 92.2 Å². The zero-order valence-corrected chi connectivity index (χ0v) is 24.8. The molecule has 10 heteroatoms. The Morgan fingerprint density at radius 2 is 1.78 bits per heavy atom. The van der Waals surface area contributed by atoms with E-state index in [4.69, 9.17) is 9.47 Å². The number of methoxy groups -OCH3 is 2. The minimum Gasteiger partial charge on any atom is -0.493 e. The van der Waals surface area contributed by atoms with E-state index in [1.165, 1.54) is 17.0 Å². The number of urea groups is 1. The summed E-state index contributed by atoms with van der Waals surface area (Å²) in [6.45, 7) is 5.94. The second kappa shape index (κ2) is 14.8. The number of ether oxygens (including phenoxy) is 2. The molecule has 41 heavy (non-hydrogen) atoms. The predicted octanol–water partition coefficient (Wildman–Crippen LogP) is 5.41. The summed E-state index contributed by atoms with van der Waals surface area (Å²) in [5, 5.41) is 4.80. The first kappa shape index (κ1) is 30.3. The zero-order chi connectivity index (χ0) is 29.2. The van der Waals surface area contributed by atoms with Gasteiger partial charge in [0.05, 0.1) is 20.8 Å². The highest BCUT2D eigenvalue weighted by atomic mass is 32.1. The summed E-state index contributed by atoms with van der Waals surface area (Å²) >= 11 is 1.62. The summed E-state index contributed by atoms with van der Waals surface area (Å²) < 4.78 is 24.6. The third kappa shape index (κ3) is 8.68. The first-order valence-corrected chi connectivity index (χ1v) is 14.8. The zero-order valence-electron chi connectivity index (χ0n) is 24.0. The van der Waals surface area contributed by atoms with E-state index in [0.717, 1.165) is 41.9 Å². The number of aryl methyl sites for hydroxylation is 1. The predicted molar refractivity (Wildman–Crippen MR) is 160 cm³/mol. The van der Waals surface area contributed by atoms with Gasteiger partial charge in [-0.15, -0.1) is 11.3 Å². The lowest BCUT2D eigenvalue weighted by Crippen LogP contribution is -2.47. The Morgan fingerprint density at radius 3 is 2.46 bits per heavy atom. The Labute approximate surface area is 245 Å². The van der Waals surface area contributed by atoms with Gasteiger partial charge in [0.25, 0.3) is 0 Å². The van der Waals surface area contributed by atoms with Crippen molar-refractivity contribution in [2.45, 2.75) is 32.7 Å². The van der Waals surface area contributed by atoms with Crippen molar-refractivity contribution in [2.75, 3.05) is 58.8 Å². The van der Waals surface area contributed by atoms with Gasteiger partial charge in [-0.25, -0.2) is 9.18 Å². The first-order chi connectivity index (χ1) is 19.9. The normalized spacial score (nSPS) is 13.2. The molecule has 0 aliphatic carbocycles. The van der Waals surface area contributed by atoms with Crippen LogP contribution in [0, 0.1) is 12.7 Å². The van der Waals surface area contributed by atoms with E-state index in [9.17, 15) is 14.0 Å². The third-order valence-electron chi connectivity index (χ3n) is 7.35. The second-order valence-corrected chi connectivity index (χ2v) is 11.2. The number of nitrogens with one attached hydrogen (secondary N) is 1. The molecular weight excluding hydrogens is 543 g/mol. The molecule has 220 valence electrons. The van der Waals surface area contributed by atoms with Crippen LogP contribution in [-0.2, 0) is 17.8 Å². The minimum absolute atomic E-state index is 0.0780. The van der Waals surface area contributed by atoms with Crippen molar-refractivity contribution < 1.29 is 23.5 Å². The molecule has 4 rings (SSSR count). The quantitative estimate of drug-likeness (QED) is 0.292. The van der Waals surface area contributed by atoms with E-state index in [1.807, 2.05) is 41.5 Å². The molecule has 2 aromatic carbocycles. The number of anilines is 1. The van der Waals surface area contributed by atoms with E-state index >= 15 is 0 Å². The van der Waals surface area contributed by atoms with Crippen LogP contribution < -0.4 is 14.8 Å². The average Bonchev–Trinajstić information content (AvgIpc) is 3.64. The SMILES string of the molecule is COc1ccc(CCN(Cc2sccc2C)C(=O)CN(CCN2CCCC2)C(=O)Nc2cccc(F)c2)cc1OC. The molecule has 0 spiro atoms. The molecule has 1 aliphatic heterocycles. The molecule has 1 N–H and O–H groups in total. The van der Waals surface area contributed by atoms with Gasteiger partial charge in [-0.1, -0.05) is 12.1 Å².